The zero-order valence-electron chi connectivity index (χ0n) is 18.1. The molecule has 2 aromatic heterocycles. The highest BCUT2D eigenvalue weighted by molar-refractivity contribution is 6.09. The van der Waals surface area contributed by atoms with Crippen LogP contribution in [0.2, 0.25) is 0 Å². The van der Waals surface area contributed by atoms with Crippen molar-refractivity contribution in [1.29, 1.82) is 0 Å². The summed E-state index contributed by atoms with van der Waals surface area (Å²) in [4.78, 5) is 41.8. The van der Waals surface area contributed by atoms with Gasteiger partial charge in [-0.2, -0.15) is 0 Å². The summed E-state index contributed by atoms with van der Waals surface area (Å²) in [6.07, 6.45) is 2.71. The van der Waals surface area contributed by atoms with Gasteiger partial charge in [0.1, 0.15) is 22.9 Å². The lowest BCUT2D eigenvalue weighted by Crippen LogP contribution is -2.25. The first-order valence-corrected chi connectivity index (χ1v) is 10.6. The Morgan fingerprint density at radius 3 is 2.60 bits per heavy atom. The number of hydrogen-bond donors (Lipinski definition) is 1. The van der Waals surface area contributed by atoms with E-state index < -0.39 is 23.0 Å². The Morgan fingerprint density at radius 2 is 1.83 bits per heavy atom. The Labute approximate surface area is 197 Å². The number of nitrogens with zero attached hydrogens (tertiary/aromatic N) is 2. The van der Waals surface area contributed by atoms with E-state index in [2.05, 4.69) is 10.3 Å². The minimum absolute atomic E-state index is 0.0732. The second kappa shape index (κ2) is 8.94. The van der Waals surface area contributed by atoms with Crippen LogP contribution in [0.25, 0.3) is 5.69 Å². The molecule has 1 aliphatic rings. The molecule has 174 valence electrons. The first-order chi connectivity index (χ1) is 16.9. The fraction of sp³-hybridized carbons (Fsp3) is 0.0769. The number of halogens is 2. The number of carbonyl (C=O) groups is 2. The summed E-state index contributed by atoms with van der Waals surface area (Å²) in [6, 6.07) is 13.7. The number of ketones is 2. The van der Waals surface area contributed by atoms with Gasteiger partial charge in [0.15, 0.2) is 23.1 Å². The Morgan fingerprint density at radius 1 is 1.03 bits per heavy atom. The van der Waals surface area contributed by atoms with Crippen LogP contribution in [0.4, 0.5) is 14.6 Å². The molecule has 7 nitrogen and oxygen atoms in total. The molecule has 0 unspecified atom stereocenters. The van der Waals surface area contributed by atoms with Crippen molar-refractivity contribution in [2.75, 3.05) is 11.9 Å². The van der Waals surface area contributed by atoms with Crippen molar-refractivity contribution in [2.45, 2.75) is 6.42 Å². The molecule has 4 aromatic rings. The van der Waals surface area contributed by atoms with Gasteiger partial charge in [0.05, 0.1) is 12.1 Å². The third-order valence-corrected chi connectivity index (χ3v) is 5.54. The van der Waals surface area contributed by atoms with Crippen LogP contribution in [0.1, 0.15) is 26.3 Å². The number of aromatic nitrogens is 2. The zero-order chi connectivity index (χ0) is 24.5. The first kappa shape index (κ1) is 22.1. The molecule has 1 aliphatic heterocycles. The maximum atomic E-state index is 14.8. The van der Waals surface area contributed by atoms with Gasteiger partial charge < -0.3 is 10.1 Å². The molecule has 0 spiro atoms. The number of Topliss-reactive ketones (excluding diaryl/α,β-unsaturated/α-hetero) is 2. The van der Waals surface area contributed by atoms with Crippen molar-refractivity contribution in [1.82, 2.24) is 9.55 Å². The highest BCUT2D eigenvalue weighted by atomic mass is 19.1. The molecule has 0 radical (unpaired) electrons. The monoisotopic (exact) mass is 473 g/mol. The summed E-state index contributed by atoms with van der Waals surface area (Å²) in [5.41, 5.74) is 0.377. The number of hydrogen-bond acceptors (Lipinski definition) is 6. The van der Waals surface area contributed by atoms with Gasteiger partial charge in [-0.05, 0) is 54.1 Å². The fourth-order valence-corrected chi connectivity index (χ4v) is 3.83. The van der Waals surface area contributed by atoms with Crippen molar-refractivity contribution in [2.24, 2.45) is 0 Å². The van der Waals surface area contributed by atoms with Crippen LogP contribution >= 0.6 is 0 Å². The summed E-state index contributed by atoms with van der Waals surface area (Å²) < 4.78 is 34.9. The van der Waals surface area contributed by atoms with Gasteiger partial charge in [0.25, 0.3) is 5.56 Å². The number of ether oxygens (including phenoxy) is 1. The molecular formula is C26H17F2N3O4. The highest BCUT2D eigenvalue weighted by Gasteiger charge is 2.25. The number of fused-ring (bicyclic) bond motifs is 1. The normalized spacial score (nSPS) is 12.2. The van der Waals surface area contributed by atoms with E-state index in [1.54, 1.807) is 6.07 Å². The molecule has 35 heavy (non-hydrogen) atoms. The Bertz CT molecular complexity index is 1530. The Kier molecular flexibility index (Phi) is 5.66. The quantitative estimate of drug-likeness (QED) is 0.419. The van der Waals surface area contributed by atoms with E-state index in [-0.39, 0.29) is 41.4 Å². The van der Waals surface area contributed by atoms with Crippen LogP contribution in [-0.2, 0) is 6.42 Å². The molecule has 0 bridgehead atoms. The van der Waals surface area contributed by atoms with Crippen LogP contribution in [-0.4, -0.2) is 27.7 Å². The Balaban J connectivity index is 1.36. The second-order valence-electron chi connectivity index (χ2n) is 7.85. The third kappa shape index (κ3) is 4.31. The molecule has 1 N–H and O–H groups in total. The molecule has 0 fully saturated rings. The average molecular weight is 473 g/mol. The molecular weight excluding hydrogens is 456 g/mol. The molecule has 5 rings (SSSR count). The number of carbonyl (C=O) groups excluding carboxylic acids is 2. The zero-order valence-corrected chi connectivity index (χ0v) is 18.1. The van der Waals surface area contributed by atoms with E-state index in [0.29, 0.717) is 17.1 Å². The molecule has 0 amide bonds. The molecule has 2 aromatic carbocycles. The topological polar surface area (TPSA) is 90.3 Å². The minimum atomic E-state index is -0.726. The molecule has 0 saturated heterocycles. The lowest BCUT2D eigenvalue weighted by atomic mass is 10.0. The summed E-state index contributed by atoms with van der Waals surface area (Å²) >= 11 is 0. The molecule has 3 heterocycles. The van der Waals surface area contributed by atoms with Gasteiger partial charge in [-0.1, -0.05) is 6.07 Å². The van der Waals surface area contributed by atoms with Gasteiger partial charge in [-0.3, -0.25) is 19.0 Å². The van der Waals surface area contributed by atoms with Crippen LogP contribution in [0.15, 0.2) is 77.9 Å². The van der Waals surface area contributed by atoms with Gasteiger partial charge in [-0.25, -0.2) is 13.8 Å². The number of rotatable bonds is 6. The highest BCUT2D eigenvalue weighted by Crippen LogP contribution is 2.33. The predicted octanol–water partition coefficient (Wildman–Crippen LogP) is 4.34. The van der Waals surface area contributed by atoms with Crippen LogP contribution in [0.3, 0.4) is 0 Å². The van der Waals surface area contributed by atoms with Crippen LogP contribution < -0.4 is 15.6 Å². The van der Waals surface area contributed by atoms with E-state index in [4.69, 9.17) is 4.74 Å². The fourth-order valence-electron chi connectivity index (χ4n) is 3.83. The second-order valence-corrected chi connectivity index (χ2v) is 7.85. The van der Waals surface area contributed by atoms with Gasteiger partial charge >= 0.3 is 0 Å². The summed E-state index contributed by atoms with van der Waals surface area (Å²) in [5.74, 6) is -1.44. The molecule has 9 heteroatoms. The average Bonchev–Trinajstić information content (AvgIpc) is 3.23. The number of anilines is 1. The maximum absolute atomic E-state index is 14.8. The van der Waals surface area contributed by atoms with Gasteiger partial charge in [-0.15, -0.1) is 0 Å². The first-order valence-electron chi connectivity index (χ1n) is 10.6. The number of nitrogens with one attached hydrogen (secondary N) is 1. The minimum Gasteiger partial charge on any atom is -0.453 e. The van der Waals surface area contributed by atoms with Crippen molar-refractivity contribution >= 4 is 17.4 Å². The summed E-state index contributed by atoms with van der Waals surface area (Å²) in [6.45, 7) is 0.0919. The smallest absolute Gasteiger partial charge is 0.265 e. The van der Waals surface area contributed by atoms with Crippen molar-refractivity contribution in [3.8, 4) is 17.2 Å². The number of pyridine rings is 2. The third-order valence-electron chi connectivity index (χ3n) is 5.54. The molecule has 0 atom stereocenters. The molecule has 0 aliphatic carbocycles. The lowest BCUT2D eigenvalue weighted by Gasteiger charge is -2.11. The van der Waals surface area contributed by atoms with Crippen molar-refractivity contribution in [3.63, 3.8) is 0 Å². The molecule has 0 saturated carbocycles. The van der Waals surface area contributed by atoms with Crippen LogP contribution in [0.5, 0.6) is 11.5 Å². The van der Waals surface area contributed by atoms with E-state index in [9.17, 15) is 23.2 Å². The van der Waals surface area contributed by atoms with E-state index >= 15 is 0 Å². The van der Waals surface area contributed by atoms with E-state index in [0.717, 1.165) is 6.07 Å². The van der Waals surface area contributed by atoms with Crippen molar-refractivity contribution in [3.05, 3.63) is 112 Å². The maximum Gasteiger partial charge on any atom is 0.265 e. The lowest BCUT2D eigenvalue weighted by molar-refractivity contribution is 0.0988. The summed E-state index contributed by atoms with van der Waals surface area (Å²) in [7, 11) is 0. The van der Waals surface area contributed by atoms with Gasteiger partial charge in [0.2, 0.25) is 0 Å². The van der Waals surface area contributed by atoms with Gasteiger partial charge in [0, 0.05) is 30.6 Å². The SMILES string of the molecule is O=C1CNc2nccc(Oc3ccc(CC(=O)c4cccn(-c5ccc(F)cc5)c4=O)cc3F)c21. The standard InChI is InChI=1S/C26H17F2N3O4/c27-16-4-6-17(7-5-16)31-11-1-2-18(26(31)34)20(32)13-15-3-8-22(19(28)12-15)35-23-9-10-29-25-24(23)21(33)14-30-25/h1-12H,13-14H2,(H,29,30). The Hall–Kier alpha value is -4.66. The van der Waals surface area contributed by atoms with Crippen molar-refractivity contribution < 1.29 is 23.1 Å². The summed E-state index contributed by atoms with van der Waals surface area (Å²) in [5, 5.41) is 2.84. The van der Waals surface area contributed by atoms with E-state index in [1.165, 1.54) is 65.5 Å². The predicted molar refractivity (Wildman–Crippen MR) is 124 cm³/mol. The number of benzene rings is 2. The van der Waals surface area contributed by atoms with Crippen LogP contribution in [0, 0.1) is 11.6 Å². The largest absolute Gasteiger partial charge is 0.453 e. The van der Waals surface area contributed by atoms with E-state index in [1.807, 2.05) is 0 Å².